The van der Waals surface area contributed by atoms with Gasteiger partial charge in [0.25, 0.3) is 0 Å². The summed E-state index contributed by atoms with van der Waals surface area (Å²) in [5.74, 6) is 0.934. The number of guanidine groups is 1. The van der Waals surface area contributed by atoms with Gasteiger partial charge in [0.15, 0.2) is 5.96 Å². The second-order valence-corrected chi connectivity index (χ2v) is 9.05. The van der Waals surface area contributed by atoms with Crippen molar-refractivity contribution < 1.29 is 4.74 Å². The van der Waals surface area contributed by atoms with Crippen molar-refractivity contribution >= 4 is 17.7 Å². The van der Waals surface area contributed by atoms with Crippen LogP contribution in [0.25, 0.3) is 0 Å². The van der Waals surface area contributed by atoms with Crippen molar-refractivity contribution in [3.05, 3.63) is 0 Å². The summed E-state index contributed by atoms with van der Waals surface area (Å²) in [5.41, 5.74) is 0.0708. The van der Waals surface area contributed by atoms with Crippen LogP contribution in [0.3, 0.4) is 0 Å². The lowest BCUT2D eigenvalue weighted by Crippen LogP contribution is -2.59. The van der Waals surface area contributed by atoms with Crippen LogP contribution in [0.4, 0.5) is 0 Å². The number of nitrogens with zero attached hydrogens (tertiary/aromatic N) is 2. The van der Waals surface area contributed by atoms with E-state index in [4.69, 9.17) is 4.74 Å². The van der Waals surface area contributed by atoms with Gasteiger partial charge in [0.1, 0.15) is 0 Å². The van der Waals surface area contributed by atoms with Gasteiger partial charge in [-0.15, -0.1) is 0 Å². The maximum absolute atomic E-state index is 5.87. The van der Waals surface area contributed by atoms with Crippen molar-refractivity contribution in [2.24, 2.45) is 4.99 Å². The molecular formula is C18H36N4OS. The zero-order chi connectivity index (χ0) is 17.7. The van der Waals surface area contributed by atoms with Crippen LogP contribution >= 0.6 is 11.8 Å². The van der Waals surface area contributed by atoms with Gasteiger partial charge in [-0.25, -0.2) is 0 Å². The summed E-state index contributed by atoms with van der Waals surface area (Å²) in [6.07, 6.45) is 6.61. The summed E-state index contributed by atoms with van der Waals surface area (Å²) in [7, 11) is 1.86. The first-order chi connectivity index (χ1) is 11.3. The summed E-state index contributed by atoms with van der Waals surface area (Å²) < 4.78 is 5.87. The Bertz CT molecular complexity index is 419. The number of thioether (sulfide) groups is 1. The Morgan fingerprint density at radius 3 is 2.46 bits per heavy atom. The van der Waals surface area contributed by atoms with Gasteiger partial charge in [-0.1, -0.05) is 0 Å². The van der Waals surface area contributed by atoms with Crippen LogP contribution in [0.5, 0.6) is 0 Å². The predicted octanol–water partition coefficient (Wildman–Crippen LogP) is 2.32. The molecule has 0 aromatic rings. The summed E-state index contributed by atoms with van der Waals surface area (Å²) >= 11 is 1.99. The number of nitrogens with one attached hydrogen (secondary N) is 2. The van der Waals surface area contributed by atoms with E-state index in [0.717, 1.165) is 30.8 Å². The van der Waals surface area contributed by atoms with Gasteiger partial charge in [0, 0.05) is 43.5 Å². The highest BCUT2D eigenvalue weighted by Crippen LogP contribution is 2.28. The summed E-state index contributed by atoms with van der Waals surface area (Å²) in [6, 6.07) is 0.556. The normalized spacial score (nSPS) is 32.8. The second-order valence-electron chi connectivity index (χ2n) is 7.91. The second kappa shape index (κ2) is 8.77. The molecule has 0 amide bonds. The summed E-state index contributed by atoms with van der Waals surface area (Å²) in [4.78, 5) is 6.96. The first-order valence-corrected chi connectivity index (χ1v) is 10.5. The van der Waals surface area contributed by atoms with Crippen LogP contribution in [0.15, 0.2) is 4.99 Å². The zero-order valence-electron chi connectivity index (χ0n) is 16.3. The highest BCUT2D eigenvalue weighted by Gasteiger charge is 2.33. The molecule has 140 valence electrons. The number of rotatable bonds is 5. The largest absolute Gasteiger partial charge is 0.373 e. The lowest BCUT2D eigenvalue weighted by molar-refractivity contribution is -0.0946. The fraction of sp³-hybridized carbons (Fsp3) is 0.944. The number of hydrogen-bond donors (Lipinski definition) is 2. The van der Waals surface area contributed by atoms with E-state index in [1.807, 2.05) is 18.8 Å². The molecule has 1 aliphatic heterocycles. The fourth-order valence-corrected chi connectivity index (χ4v) is 4.55. The smallest absolute Gasteiger partial charge is 0.191 e. The van der Waals surface area contributed by atoms with E-state index in [0.29, 0.717) is 18.2 Å². The molecule has 0 bridgehead atoms. The maximum atomic E-state index is 5.87. The molecule has 4 unspecified atom stereocenters. The van der Waals surface area contributed by atoms with Gasteiger partial charge in [-0.05, 0) is 53.2 Å². The first kappa shape index (κ1) is 19.9. The molecule has 2 fully saturated rings. The number of morpholine rings is 1. The van der Waals surface area contributed by atoms with Crippen molar-refractivity contribution in [3.63, 3.8) is 0 Å². The van der Waals surface area contributed by atoms with Gasteiger partial charge in [-0.2, -0.15) is 11.8 Å². The fourth-order valence-electron chi connectivity index (χ4n) is 3.76. The van der Waals surface area contributed by atoms with Crippen molar-refractivity contribution in [2.75, 3.05) is 32.9 Å². The van der Waals surface area contributed by atoms with Crippen molar-refractivity contribution in [1.29, 1.82) is 0 Å². The van der Waals surface area contributed by atoms with Crippen LogP contribution < -0.4 is 10.6 Å². The molecule has 24 heavy (non-hydrogen) atoms. The number of aliphatic imine (C=N–C) groups is 1. The van der Waals surface area contributed by atoms with Gasteiger partial charge < -0.3 is 15.4 Å². The highest BCUT2D eigenvalue weighted by molar-refractivity contribution is 7.99. The third kappa shape index (κ3) is 5.53. The van der Waals surface area contributed by atoms with Gasteiger partial charge >= 0.3 is 0 Å². The first-order valence-electron chi connectivity index (χ1n) is 9.24. The molecule has 2 rings (SSSR count). The van der Waals surface area contributed by atoms with Crippen LogP contribution in [-0.2, 0) is 4.74 Å². The molecule has 0 spiro atoms. The average molecular weight is 357 g/mol. The van der Waals surface area contributed by atoms with E-state index < -0.39 is 0 Å². The minimum Gasteiger partial charge on any atom is -0.373 e. The zero-order valence-corrected chi connectivity index (χ0v) is 17.1. The van der Waals surface area contributed by atoms with Crippen LogP contribution in [0.2, 0.25) is 0 Å². The third-order valence-electron chi connectivity index (χ3n) is 5.25. The number of ether oxygens (including phenoxy) is 1. The van der Waals surface area contributed by atoms with E-state index in [1.165, 1.54) is 19.3 Å². The molecular weight excluding hydrogens is 320 g/mol. The summed E-state index contributed by atoms with van der Waals surface area (Å²) in [6.45, 7) is 11.8. The highest BCUT2D eigenvalue weighted by atomic mass is 32.2. The molecule has 4 atom stereocenters. The van der Waals surface area contributed by atoms with Crippen molar-refractivity contribution in [2.45, 2.75) is 76.0 Å². The molecule has 5 nitrogen and oxygen atoms in total. The van der Waals surface area contributed by atoms with Crippen molar-refractivity contribution in [1.82, 2.24) is 15.5 Å². The quantitative estimate of drug-likeness (QED) is 0.585. The Kier molecular flexibility index (Phi) is 7.25. The van der Waals surface area contributed by atoms with E-state index in [9.17, 15) is 0 Å². The Hall–Kier alpha value is -0.460. The molecule has 1 aliphatic carbocycles. The molecule has 2 N–H and O–H groups in total. The molecule has 1 heterocycles. The molecule has 0 radical (unpaired) electrons. The Labute approximate surface area is 152 Å². The van der Waals surface area contributed by atoms with Crippen LogP contribution in [0.1, 0.15) is 47.0 Å². The Morgan fingerprint density at radius 1 is 1.25 bits per heavy atom. The van der Waals surface area contributed by atoms with E-state index in [-0.39, 0.29) is 5.54 Å². The molecule has 2 aliphatic rings. The van der Waals surface area contributed by atoms with Crippen molar-refractivity contribution in [3.8, 4) is 0 Å². The lowest BCUT2D eigenvalue weighted by atomic mass is 10.00. The minimum atomic E-state index is 0.0708. The summed E-state index contributed by atoms with van der Waals surface area (Å²) in [5, 5.41) is 7.95. The predicted molar refractivity (Wildman–Crippen MR) is 105 cm³/mol. The van der Waals surface area contributed by atoms with Gasteiger partial charge in [0.2, 0.25) is 0 Å². The molecule has 0 aromatic carbocycles. The molecule has 0 aromatic heterocycles. The molecule has 1 saturated heterocycles. The third-order valence-corrected chi connectivity index (χ3v) is 6.34. The SMILES string of the molecule is CN=C(NCC(C)(C)N1CC(C)OC(C)C1)NC1CCC(SC)C1. The van der Waals surface area contributed by atoms with E-state index in [2.05, 4.69) is 54.5 Å². The van der Waals surface area contributed by atoms with E-state index in [1.54, 1.807) is 0 Å². The standard InChI is InChI=1S/C18H36N4OS/c1-13-10-22(11-14(2)23-13)18(3,4)12-20-17(19-5)21-15-7-8-16(9-15)24-6/h13-16H,7-12H2,1-6H3,(H2,19,20,21). The lowest BCUT2D eigenvalue weighted by Gasteiger charge is -2.45. The van der Waals surface area contributed by atoms with Crippen LogP contribution in [-0.4, -0.2) is 72.8 Å². The molecule has 1 saturated carbocycles. The van der Waals surface area contributed by atoms with Gasteiger partial charge in [0.05, 0.1) is 12.2 Å². The molecule has 6 heteroatoms. The maximum Gasteiger partial charge on any atom is 0.191 e. The van der Waals surface area contributed by atoms with Gasteiger partial charge in [-0.3, -0.25) is 9.89 Å². The monoisotopic (exact) mass is 356 g/mol. The number of hydrogen-bond acceptors (Lipinski definition) is 4. The Balaban J connectivity index is 1.83. The Morgan fingerprint density at radius 2 is 1.92 bits per heavy atom. The topological polar surface area (TPSA) is 48.9 Å². The van der Waals surface area contributed by atoms with E-state index >= 15 is 0 Å². The average Bonchev–Trinajstić information content (AvgIpc) is 2.98. The van der Waals surface area contributed by atoms with Crippen LogP contribution in [0, 0.1) is 0 Å². The minimum absolute atomic E-state index is 0.0708.